The summed E-state index contributed by atoms with van der Waals surface area (Å²) in [6, 6.07) is 14.2. The highest BCUT2D eigenvalue weighted by Gasteiger charge is 2.08. The lowest BCUT2D eigenvalue weighted by molar-refractivity contribution is 0.631. The molecule has 0 aliphatic rings. The highest BCUT2D eigenvalue weighted by Crippen LogP contribution is 2.17. The summed E-state index contributed by atoms with van der Waals surface area (Å²) in [5.74, 6) is 0.134. The minimum absolute atomic E-state index is 0.106. The summed E-state index contributed by atoms with van der Waals surface area (Å²) in [5, 5.41) is 10.6. The number of H-pyrrole nitrogens is 1. The zero-order valence-electron chi connectivity index (χ0n) is 14.1. The molecule has 0 aliphatic heterocycles. The Kier molecular flexibility index (Phi) is 4.88. The van der Waals surface area contributed by atoms with Crippen LogP contribution >= 0.6 is 0 Å². The molecule has 0 radical (unpaired) electrons. The Balaban J connectivity index is 1.76. The van der Waals surface area contributed by atoms with Crippen molar-refractivity contribution < 1.29 is 4.39 Å². The third-order valence-corrected chi connectivity index (χ3v) is 3.91. The number of aromatic nitrogens is 3. The summed E-state index contributed by atoms with van der Waals surface area (Å²) in [4.78, 5) is 14.8. The Morgan fingerprint density at radius 3 is 2.44 bits per heavy atom. The molecule has 0 saturated heterocycles. The molecule has 0 unspecified atom stereocenters. The topological polar surface area (TPSA) is 70.7 Å². The number of hydrogen-bond acceptors (Lipinski definition) is 4. The van der Waals surface area contributed by atoms with Gasteiger partial charge in [-0.2, -0.15) is 0 Å². The average molecular weight is 338 g/mol. The van der Waals surface area contributed by atoms with Crippen LogP contribution in [0.3, 0.4) is 0 Å². The van der Waals surface area contributed by atoms with E-state index in [-0.39, 0.29) is 17.2 Å². The molecule has 2 N–H and O–H groups in total. The number of nitrogens with one attached hydrogen (secondary N) is 2. The molecule has 2 aromatic carbocycles. The molecule has 0 bridgehead atoms. The van der Waals surface area contributed by atoms with Gasteiger partial charge in [-0.25, -0.2) is 4.39 Å². The van der Waals surface area contributed by atoms with Crippen LogP contribution in [0.5, 0.6) is 0 Å². The Morgan fingerprint density at radius 2 is 1.80 bits per heavy atom. The van der Waals surface area contributed by atoms with Crippen LogP contribution in [0.1, 0.15) is 36.6 Å². The first-order valence-electron chi connectivity index (χ1n) is 8.09. The number of halogens is 1. The number of rotatable bonds is 5. The van der Waals surface area contributed by atoms with Gasteiger partial charge in [-0.3, -0.25) is 9.78 Å². The van der Waals surface area contributed by atoms with Crippen LogP contribution in [0.2, 0.25) is 0 Å². The van der Waals surface area contributed by atoms with E-state index < -0.39 is 5.82 Å². The number of benzene rings is 2. The Morgan fingerprint density at radius 1 is 1.08 bits per heavy atom. The van der Waals surface area contributed by atoms with Crippen LogP contribution in [0.15, 0.2) is 53.3 Å². The molecule has 0 saturated carbocycles. The smallest absolute Gasteiger partial charge is 0.274 e. The molecule has 0 atom stereocenters. The molecule has 1 heterocycles. The molecule has 25 heavy (non-hydrogen) atoms. The van der Waals surface area contributed by atoms with Crippen LogP contribution in [0, 0.1) is 5.82 Å². The van der Waals surface area contributed by atoms with Gasteiger partial charge < -0.3 is 5.32 Å². The van der Waals surface area contributed by atoms with E-state index in [1.807, 2.05) is 12.1 Å². The SMILES string of the molecule is CC(C)c1ccc(Cc2nnc(Nc3ccccc3F)[nH]c2=O)cc1. The Hall–Kier alpha value is -3.02. The summed E-state index contributed by atoms with van der Waals surface area (Å²) in [7, 11) is 0. The van der Waals surface area contributed by atoms with Gasteiger partial charge in [0.05, 0.1) is 5.69 Å². The summed E-state index contributed by atoms with van der Waals surface area (Å²) < 4.78 is 13.6. The summed E-state index contributed by atoms with van der Waals surface area (Å²) in [6.07, 6.45) is 0.390. The maximum Gasteiger partial charge on any atom is 0.274 e. The molecule has 1 aromatic heterocycles. The van der Waals surface area contributed by atoms with Gasteiger partial charge in [0.2, 0.25) is 5.95 Å². The van der Waals surface area contributed by atoms with Crippen molar-refractivity contribution in [3.8, 4) is 0 Å². The van der Waals surface area contributed by atoms with Crippen molar-refractivity contribution in [2.24, 2.45) is 0 Å². The summed E-state index contributed by atoms with van der Waals surface area (Å²) in [5.41, 5.74) is 2.43. The summed E-state index contributed by atoms with van der Waals surface area (Å²) in [6.45, 7) is 4.26. The number of nitrogens with zero attached hydrogens (tertiary/aromatic N) is 2. The van der Waals surface area contributed by atoms with Gasteiger partial charge in [0.25, 0.3) is 5.56 Å². The van der Waals surface area contributed by atoms with Crippen molar-refractivity contribution in [1.82, 2.24) is 15.2 Å². The second-order valence-electron chi connectivity index (χ2n) is 6.13. The predicted octanol–water partition coefficient (Wildman–Crippen LogP) is 3.76. The molecule has 0 fully saturated rings. The number of aromatic amines is 1. The molecule has 0 aliphatic carbocycles. The van der Waals surface area contributed by atoms with E-state index in [2.05, 4.69) is 46.5 Å². The summed E-state index contributed by atoms with van der Waals surface area (Å²) >= 11 is 0. The number of para-hydroxylation sites is 1. The standard InChI is InChI=1S/C19H19FN4O/c1-12(2)14-9-7-13(8-10-14)11-17-18(25)22-19(24-23-17)21-16-6-4-3-5-15(16)20/h3-10,12H,11H2,1-2H3,(H2,21,22,24,25). The fourth-order valence-electron chi connectivity index (χ4n) is 2.44. The zero-order valence-corrected chi connectivity index (χ0v) is 14.1. The van der Waals surface area contributed by atoms with Gasteiger partial charge in [0, 0.05) is 6.42 Å². The van der Waals surface area contributed by atoms with Crippen LogP contribution in [-0.2, 0) is 6.42 Å². The van der Waals surface area contributed by atoms with Gasteiger partial charge in [0.1, 0.15) is 11.5 Å². The van der Waals surface area contributed by atoms with E-state index in [0.717, 1.165) is 5.56 Å². The predicted molar refractivity (Wildman–Crippen MR) is 95.7 cm³/mol. The van der Waals surface area contributed by atoms with Gasteiger partial charge in [-0.05, 0) is 29.2 Å². The van der Waals surface area contributed by atoms with Gasteiger partial charge in [-0.1, -0.05) is 50.2 Å². The van der Waals surface area contributed by atoms with Crippen molar-refractivity contribution in [2.45, 2.75) is 26.2 Å². The van der Waals surface area contributed by atoms with Crippen molar-refractivity contribution in [2.75, 3.05) is 5.32 Å². The average Bonchev–Trinajstić information content (AvgIpc) is 2.60. The first-order valence-corrected chi connectivity index (χ1v) is 8.09. The molecule has 0 spiro atoms. The third kappa shape index (κ3) is 4.09. The first kappa shape index (κ1) is 16.8. The van der Waals surface area contributed by atoms with E-state index in [1.165, 1.54) is 11.6 Å². The maximum atomic E-state index is 13.6. The van der Waals surface area contributed by atoms with Crippen LogP contribution in [0.25, 0.3) is 0 Å². The molecule has 3 rings (SSSR count). The molecular weight excluding hydrogens is 319 g/mol. The van der Waals surface area contributed by atoms with E-state index in [0.29, 0.717) is 18.0 Å². The van der Waals surface area contributed by atoms with Gasteiger partial charge in [-0.15, -0.1) is 10.2 Å². The second-order valence-corrected chi connectivity index (χ2v) is 6.13. The van der Waals surface area contributed by atoms with Crippen molar-refractivity contribution in [3.05, 3.63) is 81.5 Å². The maximum absolute atomic E-state index is 13.6. The second kappa shape index (κ2) is 7.25. The van der Waals surface area contributed by atoms with Crippen LogP contribution in [0.4, 0.5) is 16.0 Å². The molecule has 6 heteroatoms. The lowest BCUT2D eigenvalue weighted by atomic mass is 10.0. The minimum Gasteiger partial charge on any atom is -0.322 e. The highest BCUT2D eigenvalue weighted by molar-refractivity contribution is 5.53. The lowest BCUT2D eigenvalue weighted by Gasteiger charge is -2.07. The highest BCUT2D eigenvalue weighted by atomic mass is 19.1. The quantitative estimate of drug-likeness (QED) is 0.743. The van der Waals surface area contributed by atoms with Crippen LogP contribution in [-0.4, -0.2) is 15.2 Å². The van der Waals surface area contributed by atoms with Crippen molar-refractivity contribution in [3.63, 3.8) is 0 Å². The Labute approximate surface area is 145 Å². The first-order chi connectivity index (χ1) is 12.0. The Bertz CT molecular complexity index is 919. The molecule has 0 amide bonds. The molecular formula is C19H19FN4O. The van der Waals surface area contributed by atoms with Crippen LogP contribution < -0.4 is 10.9 Å². The zero-order chi connectivity index (χ0) is 17.8. The minimum atomic E-state index is -0.431. The largest absolute Gasteiger partial charge is 0.322 e. The van der Waals surface area contributed by atoms with Gasteiger partial charge in [0.15, 0.2) is 0 Å². The number of anilines is 2. The fourth-order valence-corrected chi connectivity index (χ4v) is 2.44. The van der Waals surface area contributed by atoms with E-state index >= 15 is 0 Å². The molecule has 5 nitrogen and oxygen atoms in total. The lowest BCUT2D eigenvalue weighted by Crippen LogP contribution is -2.19. The fraction of sp³-hybridized carbons (Fsp3) is 0.211. The molecule has 128 valence electrons. The molecule has 3 aromatic rings. The van der Waals surface area contributed by atoms with E-state index in [4.69, 9.17) is 0 Å². The third-order valence-electron chi connectivity index (χ3n) is 3.91. The van der Waals surface area contributed by atoms with Crippen molar-refractivity contribution >= 4 is 11.6 Å². The van der Waals surface area contributed by atoms with Crippen molar-refractivity contribution in [1.29, 1.82) is 0 Å². The van der Waals surface area contributed by atoms with Gasteiger partial charge >= 0.3 is 0 Å². The number of hydrogen-bond donors (Lipinski definition) is 2. The van der Waals surface area contributed by atoms with E-state index in [1.54, 1.807) is 18.2 Å². The monoisotopic (exact) mass is 338 g/mol. The normalized spacial score (nSPS) is 10.9. The van der Waals surface area contributed by atoms with E-state index in [9.17, 15) is 9.18 Å².